The lowest BCUT2D eigenvalue weighted by Crippen LogP contribution is -2.63. The number of nitrogens with zero attached hydrogens (tertiary/aromatic N) is 3. The Morgan fingerprint density at radius 2 is 1.46 bits per heavy atom. The number of piperidine rings is 1. The highest BCUT2D eigenvalue weighted by molar-refractivity contribution is 7.91. The zero-order valence-corrected chi connectivity index (χ0v) is 24.8. The molecule has 2 aliphatic rings. The van der Waals surface area contributed by atoms with E-state index in [0.717, 1.165) is 12.3 Å². The smallest absolute Gasteiger partial charge is 0.266 e. The van der Waals surface area contributed by atoms with Gasteiger partial charge in [-0.3, -0.25) is 10.0 Å². The van der Waals surface area contributed by atoms with Gasteiger partial charge in [-0.1, -0.05) is 26.7 Å². The first-order valence-corrected chi connectivity index (χ1v) is 15.3. The van der Waals surface area contributed by atoms with E-state index in [9.17, 15) is 18.4 Å². The fourth-order valence-corrected chi connectivity index (χ4v) is 8.27. The minimum atomic E-state index is -3.94. The highest BCUT2D eigenvalue weighted by Crippen LogP contribution is 2.37. The number of hydroxylamine groups is 1. The van der Waals surface area contributed by atoms with E-state index >= 15 is 0 Å². The summed E-state index contributed by atoms with van der Waals surface area (Å²) >= 11 is 0. The number of carbonyl (C=O) groups excluding carboxylic acids is 1. The van der Waals surface area contributed by atoms with E-state index in [1.165, 1.54) is 57.1 Å². The van der Waals surface area contributed by atoms with E-state index < -0.39 is 20.7 Å². The Morgan fingerprint density at radius 3 is 1.95 bits per heavy atom. The van der Waals surface area contributed by atoms with E-state index in [1.807, 2.05) is 11.9 Å². The van der Waals surface area contributed by atoms with Crippen molar-refractivity contribution in [2.45, 2.75) is 84.8 Å². The van der Waals surface area contributed by atoms with Crippen molar-refractivity contribution >= 4 is 21.6 Å². The van der Waals surface area contributed by atoms with Crippen LogP contribution < -0.4 is 10.4 Å². The molecule has 2 heterocycles. The number of benzene rings is 1. The van der Waals surface area contributed by atoms with Gasteiger partial charge in [-0.25, -0.2) is 13.9 Å². The van der Waals surface area contributed by atoms with Gasteiger partial charge in [0.1, 0.15) is 0 Å². The molecular weight excluding hydrogens is 488 g/mol. The minimum Gasteiger partial charge on any atom is -0.368 e. The lowest BCUT2D eigenvalue weighted by atomic mass is 9.88. The van der Waals surface area contributed by atoms with E-state index in [-0.39, 0.29) is 12.8 Å². The normalized spacial score (nSPS) is 19.4. The first-order valence-electron chi connectivity index (χ1n) is 13.8. The molecule has 0 radical (unpaired) electrons. The summed E-state index contributed by atoms with van der Waals surface area (Å²) in [6.07, 6.45) is 5.16. The molecule has 2 aliphatic heterocycles. The number of piperazine rings is 1. The molecule has 0 bridgehead atoms. The minimum absolute atomic E-state index is 0.174. The van der Waals surface area contributed by atoms with Gasteiger partial charge in [-0.15, -0.1) is 0 Å². The SMILES string of the molecule is Cc1c(C)c(N2CCN(S(=O)(=O)C3(C(=O)NO)CCN(C)CC3)CC2)c(C)c(C)c1CCCCC(C)C. The molecule has 9 heteroatoms. The topological polar surface area (TPSA) is 93.2 Å². The van der Waals surface area contributed by atoms with Crippen LogP contribution in [0.15, 0.2) is 0 Å². The third-order valence-corrected chi connectivity index (χ3v) is 11.5. The molecule has 37 heavy (non-hydrogen) atoms. The van der Waals surface area contributed by atoms with Gasteiger partial charge in [0.25, 0.3) is 5.91 Å². The average Bonchev–Trinajstić information content (AvgIpc) is 2.87. The fraction of sp³-hybridized carbons (Fsp3) is 0.750. The van der Waals surface area contributed by atoms with E-state index in [0.29, 0.717) is 39.3 Å². The number of nitrogens with one attached hydrogen (secondary N) is 1. The van der Waals surface area contributed by atoms with Crippen molar-refractivity contribution in [3.05, 3.63) is 27.8 Å². The Kier molecular flexibility index (Phi) is 9.70. The third kappa shape index (κ3) is 5.84. The number of rotatable bonds is 9. The fourth-order valence-electron chi connectivity index (χ4n) is 6.16. The predicted octanol–water partition coefficient (Wildman–Crippen LogP) is 3.71. The number of anilines is 1. The summed E-state index contributed by atoms with van der Waals surface area (Å²) < 4.78 is 27.4. The van der Waals surface area contributed by atoms with Gasteiger partial charge in [-0.2, -0.15) is 4.31 Å². The van der Waals surface area contributed by atoms with Crippen LogP contribution in [0.3, 0.4) is 0 Å². The maximum Gasteiger partial charge on any atom is 0.266 e. The molecule has 0 spiro atoms. The molecule has 3 rings (SSSR count). The van der Waals surface area contributed by atoms with Gasteiger partial charge in [0, 0.05) is 31.9 Å². The number of sulfonamides is 1. The van der Waals surface area contributed by atoms with Gasteiger partial charge in [0.15, 0.2) is 4.75 Å². The molecule has 2 saturated heterocycles. The van der Waals surface area contributed by atoms with Crippen LogP contribution in [-0.4, -0.2) is 79.8 Å². The molecule has 0 atom stereocenters. The maximum atomic E-state index is 13.8. The van der Waals surface area contributed by atoms with Crippen molar-refractivity contribution in [2.75, 3.05) is 51.2 Å². The standard InChI is InChI=1S/C28H48N4O4S/c1-20(2)10-8-9-11-25-21(3)23(5)26(24(6)22(25)4)31-16-18-32(19-17-31)37(35,36)28(27(33)29-34)12-14-30(7)15-13-28/h20,34H,8-19H2,1-7H3,(H,29,33). The van der Waals surface area contributed by atoms with Crippen LogP contribution in [0.25, 0.3) is 0 Å². The van der Waals surface area contributed by atoms with Crippen LogP contribution in [0.5, 0.6) is 0 Å². The van der Waals surface area contributed by atoms with Crippen LogP contribution >= 0.6 is 0 Å². The summed E-state index contributed by atoms with van der Waals surface area (Å²) in [5.41, 5.74) is 9.60. The Hall–Kier alpha value is -1.68. The van der Waals surface area contributed by atoms with Crippen LogP contribution in [0.2, 0.25) is 0 Å². The van der Waals surface area contributed by atoms with Crippen molar-refractivity contribution in [3.63, 3.8) is 0 Å². The lowest BCUT2D eigenvalue weighted by molar-refractivity contribution is -0.133. The summed E-state index contributed by atoms with van der Waals surface area (Å²) in [7, 11) is -2.03. The molecule has 0 unspecified atom stereocenters. The molecule has 2 N–H and O–H groups in total. The molecule has 0 saturated carbocycles. The first kappa shape index (κ1) is 29.9. The second kappa shape index (κ2) is 12.0. The molecule has 1 amide bonds. The number of carbonyl (C=O) groups is 1. The van der Waals surface area contributed by atoms with Crippen LogP contribution in [-0.2, 0) is 21.2 Å². The first-order chi connectivity index (χ1) is 17.4. The summed E-state index contributed by atoms with van der Waals surface area (Å²) in [6, 6.07) is 0. The average molecular weight is 537 g/mol. The second-order valence-electron chi connectivity index (χ2n) is 11.6. The Balaban J connectivity index is 1.78. The summed E-state index contributed by atoms with van der Waals surface area (Å²) in [5, 5.41) is 9.39. The molecule has 210 valence electrons. The number of unbranched alkanes of at least 4 members (excludes halogenated alkanes) is 1. The highest BCUT2D eigenvalue weighted by Gasteiger charge is 2.54. The number of amides is 1. The van der Waals surface area contributed by atoms with Gasteiger partial charge >= 0.3 is 0 Å². The monoisotopic (exact) mass is 536 g/mol. The molecule has 2 fully saturated rings. The van der Waals surface area contributed by atoms with Gasteiger partial charge in [-0.05, 0) is 107 Å². The van der Waals surface area contributed by atoms with Crippen LogP contribution in [0, 0.1) is 33.6 Å². The van der Waals surface area contributed by atoms with Crippen molar-refractivity contribution in [1.29, 1.82) is 0 Å². The summed E-state index contributed by atoms with van der Waals surface area (Å²) in [5.74, 6) is -0.0761. The van der Waals surface area contributed by atoms with Crippen LogP contribution in [0.1, 0.15) is 73.8 Å². The van der Waals surface area contributed by atoms with E-state index in [4.69, 9.17) is 0 Å². The Bertz CT molecular complexity index is 1040. The van der Waals surface area contributed by atoms with Crippen molar-refractivity contribution in [2.24, 2.45) is 5.92 Å². The van der Waals surface area contributed by atoms with Gasteiger partial charge < -0.3 is 9.80 Å². The highest BCUT2D eigenvalue weighted by atomic mass is 32.2. The Labute approximate surface area is 224 Å². The van der Waals surface area contributed by atoms with Gasteiger partial charge in [0.05, 0.1) is 0 Å². The molecule has 0 aromatic heterocycles. The predicted molar refractivity (Wildman–Crippen MR) is 150 cm³/mol. The zero-order chi connectivity index (χ0) is 27.5. The molecule has 1 aromatic rings. The molecule has 1 aromatic carbocycles. The quantitative estimate of drug-likeness (QED) is 0.284. The number of likely N-dealkylation sites (tertiary alicyclic amines) is 1. The van der Waals surface area contributed by atoms with Crippen molar-refractivity contribution in [3.8, 4) is 0 Å². The van der Waals surface area contributed by atoms with Crippen molar-refractivity contribution < 1.29 is 18.4 Å². The lowest BCUT2D eigenvalue weighted by Gasteiger charge is -2.44. The third-order valence-electron chi connectivity index (χ3n) is 8.90. The van der Waals surface area contributed by atoms with Crippen LogP contribution in [0.4, 0.5) is 5.69 Å². The maximum absolute atomic E-state index is 13.8. The zero-order valence-electron chi connectivity index (χ0n) is 24.0. The molecular formula is C28H48N4O4S. The largest absolute Gasteiger partial charge is 0.368 e. The van der Waals surface area contributed by atoms with Gasteiger partial charge in [0.2, 0.25) is 10.0 Å². The second-order valence-corrected chi connectivity index (χ2v) is 13.8. The van der Waals surface area contributed by atoms with E-state index in [1.54, 1.807) is 5.48 Å². The number of hydrogen-bond acceptors (Lipinski definition) is 6. The van der Waals surface area contributed by atoms with E-state index in [2.05, 4.69) is 46.4 Å². The molecule has 0 aliphatic carbocycles. The Morgan fingerprint density at radius 1 is 0.919 bits per heavy atom. The number of hydrogen-bond donors (Lipinski definition) is 2. The summed E-state index contributed by atoms with van der Waals surface area (Å²) in [6.45, 7) is 16.2. The molecule has 8 nitrogen and oxygen atoms in total. The van der Waals surface area contributed by atoms with Crippen molar-refractivity contribution in [1.82, 2.24) is 14.7 Å². The summed E-state index contributed by atoms with van der Waals surface area (Å²) in [4.78, 5) is 17.0.